The lowest BCUT2D eigenvalue weighted by Crippen LogP contribution is -2.30. The van der Waals surface area contributed by atoms with Gasteiger partial charge in [0.25, 0.3) is 5.91 Å². The third kappa shape index (κ3) is 5.32. The SMILES string of the molecule is Cc1ccc(-n2cnnc2SCC(=O)OC(C)C(=O)Nc2cccc3ncccc23)cc1Cl. The topological polar surface area (TPSA) is 99.0 Å². The second kappa shape index (κ2) is 10.0. The lowest BCUT2D eigenvalue weighted by atomic mass is 10.2. The number of aryl methyl sites for hydroxylation is 1. The van der Waals surface area contributed by atoms with Crippen molar-refractivity contribution in [3.05, 3.63) is 71.6 Å². The number of benzene rings is 2. The van der Waals surface area contributed by atoms with Gasteiger partial charge in [0.2, 0.25) is 0 Å². The van der Waals surface area contributed by atoms with Crippen LogP contribution in [0.25, 0.3) is 16.6 Å². The molecular formula is C23H20ClN5O3S. The fourth-order valence-electron chi connectivity index (χ4n) is 3.09. The normalized spacial score (nSPS) is 11.8. The van der Waals surface area contributed by atoms with Crippen LogP contribution in [0.5, 0.6) is 0 Å². The van der Waals surface area contributed by atoms with E-state index >= 15 is 0 Å². The first kappa shape index (κ1) is 22.8. The molecule has 2 heterocycles. The average Bonchev–Trinajstić information content (AvgIpc) is 3.28. The Hall–Kier alpha value is -3.43. The summed E-state index contributed by atoms with van der Waals surface area (Å²) >= 11 is 7.37. The number of fused-ring (bicyclic) bond motifs is 1. The van der Waals surface area contributed by atoms with E-state index in [1.54, 1.807) is 41.4 Å². The van der Waals surface area contributed by atoms with E-state index in [9.17, 15) is 9.59 Å². The Bertz CT molecular complexity index is 1320. The fraction of sp³-hybridized carbons (Fsp3) is 0.174. The minimum absolute atomic E-state index is 0.0336. The van der Waals surface area contributed by atoms with Gasteiger partial charge in [-0.2, -0.15) is 0 Å². The molecule has 168 valence electrons. The van der Waals surface area contributed by atoms with E-state index in [0.717, 1.165) is 33.9 Å². The number of ether oxygens (including phenoxy) is 1. The van der Waals surface area contributed by atoms with Crippen molar-refractivity contribution in [3.63, 3.8) is 0 Å². The van der Waals surface area contributed by atoms with Crippen molar-refractivity contribution in [2.24, 2.45) is 0 Å². The molecule has 0 spiro atoms. The van der Waals surface area contributed by atoms with Crippen LogP contribution in [0.1, 0.15) is 12.5 Å². The van der Waals surface area contributed by atoms with Gasteiger partial charge in [-0.15, -0.1) is 10.2 Å². The van der Waals surface area contributed by atoms with Crippen LogP contribution in [-0.2, 0) is 14.3 Å². The fourth-order valence-corrected chi connectivity index (χ4v) is 3.97. The summed E-state index contributed by atoms with van der Waals surface area (Å²) in [5.41, 5.74) is 3.10. The van der Waals surface area contributed by atoms with Gasteiger partial charge < -0.3 is 10.1 Å². The summed E-state index contributed by atoms with van der Waals surface area (Å²) in [5, 5.41) is 12.7. The molecule has 1 atom stereocenters. The summed E-state index contributed by atoms with van der Waals surface area (Å²) in [6.07, 6.45) is 2.26. The van der Waals surface area contributed by atoms with E-state index in [1.807, 2.05) is 31.2 Å². The molecule has 2 aromatic carbocycles. The van der Waals surface area contributed by atoms with Crippen LogP contribution in [0, 0.1) is 6.92 Å². The second-order valence-electron chi connectivity index (χ2n) is 7.20. The zero-order valence-electron chi connectivity index (χ0n) is 17.9. The Kier molecular flexibility index (Phi) is 6.90. The number of anilines is 1. The third-order valence-electron chi connectivity index (χ3n) is 4.85. The largest absolute Gasteiger partial charge is 0.452 e. The molecule has 1 unspecified atom stereocenters. The van der Waals surface area contributed by atoms with E-state index in [1.165, 1.54) is 6.92 Å². The number of amides is 1. The predicted octanol–water partition coefficient (Wildman–Crippen LogP) is 4.44. The lowest BCUT2D eigenvalue weighted by Gasteiger charge is -2.14. The van der Waals surface area contributed by atoms with Crippen molar-refractivity contribution in [2.75, 3.05) is 11.1 Å². The predicted molar refractivity (Wildman–Crippen MR) is 128 cm³/mol. The van der Waals surface area contributed by atoms with E-state index in [2.05, 4.69) is 20.5 Å². The molecule has 0 saturated heterocycles. The number of carbonyl (C=O) groups excluding carboxylic acids is 2. The number of hydrogen-bond donors (Lipinski definition) is 1. The van der Waals surface area contributed by atoms with E-state index in [-0.39, 0.29) is 5.75 Å². The standard InChI is InChI=1S/C23H20ClN5O3S/c1-14-8-9-16(11-18(14)24)29-13-26-28-23(29)33-12-21(30)32-15(2)22(31)27-20-7-3-6-19-17(20)5-4-10-25-19/h3-11,13,15H,12H2,1-2H3,(H,27,31). The highest BCUT2D eigenvalue weighted by molar-refractivity contribution is 7.99. The van der Waals surface area contributed by atoms with Crippen molar-refractivity contribution in [2.45, 2.75) is 25.1 Å². The minimum atomic E-state index is -0.973. The van der Waals surface area contributed by atoms with Gasteiger partial charge in [-0.05, 0) is 55.8 Å². The summed E-state index contributed by atoms with van der Waals surface area (Å²) in [6.45, 7) is 3.44. The maximum absolute atomic E-state index is 12.6. The Morgan fingerprint density at radius 2 is 2.06 bits per heavy atom. The molecule has 2 aromatic heterocycles. The Labute approximate surface area is 199 Å². The summed E-state index contributed by atoms with van der Waals surface area (Å²) in [5.74, 6) is -1.01. The number of aromatic nitrogens is 4. The molecule has 33 heavy (non-hydrogen) atoms. The van der Waals surface area contributed by atoms with E-state index < -0.39 is 18.0 Å². The monoisotopic (exact) mass is 481 g/mol. The second-order valence-corrected chi connectivity index (χ2v) is 8.55. The summed E-state index contributed by atoms with van der Waals surface area (Å²) < 4.78 is 7.04. The van der Waals surface area contributed by atoms with Crippen LogP contribution in [-0.4, -0.2) is 43.5 Å². The highest BCUT2D eigenvalue weighted by Gasteiger charge is 2.20. The van der Waals surface area contributed by atoms with Gasteiger partial charge in [-0.1, -0.05) is 35.5 Å². The van der Waals surface area contributed by atoms with Crippen molar-refractivity contribution in [1.29, 1.82) is 0 Å². The molecule has 0 saturated carbocycles. The quantitative estimate of drug-likeness (QED) is 0.307. The first-order chi connectivity index (χ1) is 15.9. The van der Waals surface area contributed by atoms with Crippen LogP contribution in [0.2, 0.25) is 5.02 Å². The van der Waals surface area contributed by atoms with Gasteiger partial charge in [-0.25, -0.2) is 0 Å². The number of nitrogens with one attached hydrogen (secondary N) is 1. The number of pyridine rings is 1. The Morgan fingerprint density at radius 3 is 2.88 bits per heavy atom. The highest BCUT2D eigenvalue weighted by Crippen LogP contribution is 2.24. The molecule has 4 aromatic rings. The van der Waals surface area contributed by atoms with Crippen LogP contribution >= 0.6 is 23.4 Å². The average molecular weight is 482 g/mol. The molecule has 1 N–H and O–H groups in total. The van der Waals surface area contributed by atoms with Crippen molar-refractivity contribution < 1.29 is 14.3 Å². The van der Waals surface area contributed by atoms with Gasteiger partial charge in [0.15, 0.2) is 11.3 Å². The van der Waals surface area contributed by atoms with Gasteiger partial charge in [0, 0.05) is 16.6 Å². The molecule has 8 nitrogen and oxygen atoms in total. The van der Waals surface area contributed by atoms with Gasteiger partial charge in [-0.3, -0.25) is 19.1 Å². The molecule has 0 aliphatic rings. The number of hydrogen-bond acceptors (Lipinski definition) is 7. The lowest BCUT2D eigenvalue weighted by molar-refractivity contribution is -0.150. The molecule has 0 aliphatic carbocycles. The minimum Gasteiger partial charge on any atom is -0.452 e. The van der Waals surface area contributed by atoms with Crippen LogP contribution in [0.4, 0.5) is 5.69 Å². The van der Waals surface area contributed by atoms with E-state index in [0.29, 0.717) is 15.9 Å². The molecule has 0 bridgehead atoms. The molecule has 0 aliphatic heterocycles. The first-order valence-electron chi connectivity index (χ1n) is 10.1. The number of halogens is 1. The summed E-state index contributed by atoms with van der Waals surface area (Å²) in [7, 11) is 0. The van der Waals surface area contributed by atoms with Crippen LogP contribution in [0.3, 0.4) is 0 Å². The molecular weight excluding hydrogens is 462 g/mol. The van der Waals surface area contributed by atoms with E-state index in [4.69, 9.17) is 16.3 Å². The maximum atomic E-state index is 12.6. The first-order valence-corrected chi connectivity index (χ1v) is 11.4. The third-order valence-corrected chi connectivity index (χ3v) is 6.17. The molecule has 10 heteroatoms. The number of esters is 1. The maximum Gasteiger partial charge on any atom is 0.317 e. The van der Waals surface area contributed by atoms with Crippen LogP contribution < -0.4 is 5.32 Å². The van der Waals surface area contributed by atoms with Gasteiger partial charge in [0.05, 0.1) is 22.6 Å². The summed E-state index contributed by atoms with van der Waals surface area (Å²) in [6, 6.07) is 14.7. The Morgan fingerprint density at radius 1 is 1.21 bits per heavy atom. The zero-order chi connectivity index (χ0) is 23.4. The zero-order valence-corrected chi connectivity index (χ0v) is 19.4. The molecule has 0 radical (unpaired) electrons. The molecule has 0 fully saturated rings. The number of nitrogens with zero attached hydrogens (tertiary/aromatic N) is 4. The number of rotatable bonds is 7. The smallest absolute Gasteiger partial charge is 0.317 e. The number of carbonyl (C=O) groups is 2. The van der Waals surface area contributed by atoms with Crippen molar-refractivity contribution in [3.8, 4) is 5.69 Å². The van der Waals surface area contributed by atoms with Gasteiger partial charge in [0.1, 0.15) is 6.33 Å². The number of thioether (sulfide) groups is 1. The van der Waals surface area contributed by atoms with Crippen molar-refractivity contribution >= 4 is 51.8 Å². The van der Waals surface area contributed by atoms with Crippen molar-refractivity contribution in [1.82, 2.24) is 19.7 Å². The molecule has 4 rings (SSSR count). The Balaban J connectivity index is 1.35. The summed E-state index contributed by atoms with van der Waals surface area (Å²) in [4.78, 5) is 29.2. The van der Waals surface area contributed by atoms with Gasteiger partial charge >= 0.3 is 5.97 Å². The highest BCUT2D eigenvalue weighted by atomic mass is 35.5. The van der Waals surface area contributed by atoms with Crippen LogP contribution in [0.15, 0.2) is 66.2 Å². The molecule has 1 amide bonds.